The maximum atomic E-state index is 13.3. The van der Waals surface area contributed by atoms with Crippen LogP contribution in [0.3, 0.4) is 0 Å². The van der Waals surface area contributed by atoms with Crippen LogP contribution in [0.1, 0.15) is 46.0 Å². The third-order valence-corrected chi connectivity index (χ3v) is 9.48. The second-order valence-electron chi connectivity index (χ2n) is 10.3. The van der Waals surface area contributed by atoms with Crippen molar-refractivity contribution in [2.24, 2.45) is 0 Å². The van der Waals surface area contributed by atoms with E-state index in [0.717, 1.165) is 52.4 Å². The smallest absolute Gasteiger partial charge is 0.265 e. The zero-order chi connectivity index (χ0) is 31.0. The first-order chi connectivity index (χ1) is 20.6. The van der Waals surface area contributed by atoms with Crippen LogP contribution in [0.15, 0.2) is 88.3 Å². The van der Waals surface area contributed by atoms with E-state index in [-0.39, 0.29) is 34.7 Å². The van der Waals surface area contributed by atoms with Gasteiger partial charge >= 0.3 is 0 Å². The van der Waals surface area contributed by atoms with E-state index in [0.29, 0.717) is 19.6 Å². The summed E-state index contributed by atoms with van der Waals surface area (Å²) in [6.45, 7) is 5.40. The van der Waals surface area contributed by atoms with Crippen LogP contribution in [-0.2, 0) is 19.7 Å². The van der Waals surface area contributed by atoms with Gasteiger partial charge in [-0.3, -0.25) is 23.9 Å². The number of anilines is 1. The third-order valence-electron chi connectivity index (χ3n) is 7.12. The zero-order valence-electron chi connectivity index (χ0n) is 24.4. The fraction of sp³-hybridized carbons (Fsp3) is 0.344. The van der Waals surface area contributed by atoms with Crippen LogP contribution in [0.2, 0.25) is 0 Å². The summed E-state index contributed by atoms with van der Waals surface area (Å²) in [5.74, 6) is -1.09. The predicted octanol–water partition coefficient (Wildman–Crippen LogP) is 6.42. The molecule has 1 saturated heterocycles. The Labute approximate surface area is 263 Å². The summed E-state index contributed by atoms with van der Waals surface area (Å²) in [5.41, 5.74) is 3.19. The number of thioether (sulfide) groups is 1. The van der Waals surface area contributed by atoms with E-state index in [9.17, 15) is 22.6 Å². The van der Waals surface area contributed by atoms with Crippen LogP contribution >= 0.6 is 24.0 Å². The molecule has 0 aliphatic carbocycles. The number of rotatable bonds is 13. The van der Waals surface area contributed by atoms with Crippen molar-refractivity contribution in [2.75, 3.05) is 30.3 Å². The first-order valence-electron chi connectivity index (χ1n) is 14.5. The average molecular weight is 640 g/mol. The number of hydrogen-bond donors (Lipinski definition) is 1. The number of carbonyl (C=O) groups excluding carboxylic acids is 2. The Morgan fingerprint density at radius 1 is 0.814 bits per heavy atom. The van der Waals surface area contributed by atoms with Crippen molar-refractivity contribution in [3.05, 3.63) is 83.4 Å². The fourth-order valence-electron chi connectivity index (χ4n) is 4.84. The normalized spacial score (nSPS) is 16.6. The third kappa shape index (κ3) is 8.23. The van der Waals surface area contributed by atoms with E-state index in [4.69, 9.17) is 12.2 Å². The van der Waals surface area contributed by atoms with Crippen molar-refractivity contribution in [3.63, 3.8) is 0 Å². The van der Waals surface area contributed by atoms with E-state index in [1.807, 2.05) is 67.3 Å². The van der Waals surface area contributed by atoms with Gasteiger partial charge in [0.15, 0.2) is 5.11 Å². The highest BCUT2D eigenvalue weighted by Crippen LogP contribution is 2.47. The highest BCUT2D eigenvalue weighted by Gasteiger charge is 2.38. The summed E-state index contributed by atoms with van der Waals surface area (Å²) in [7, 11) is -4.08. The highest BCUT2D eigenvalue weighted by molar-refractivity contribution is 8.03. The van der Waals surface area contributed by atoms with Gasteiger partial charge in [-0.05, 0) is 66.9 Å². The lowest BCUT2D eigenvalue weighted by Gasteiger charge is -2.36. The van der Waals surface area contributed by atoms with Crippen LogP contribution in [-0.4, -0.2) is 65.1 Å². The van der Waals surface area contributed by atoms with Crippen molar-refractivity contribution in [1.29, 1.82) is 0 Å². The summed E-state index contributed by atoms with van der Waals surface area (Å²) >= 11 is 7.08. The van der Waals surface area contributed by atoms with Gasteiger partial charge in [-0.25, -0.2) is 0 Å². The maximum Gasteiger partial charge on any atom is 0.265 e. The number of benzene rings is 2. The first-order valence-corrected chi connectivity index (χ1v) is 17.3. The fourth-order valence-corrected chi connectivity index (χ4v) is 6.82. The van der Waals surface area contributed by atoms with Crippen LogP contribution in [0.5, 0.6) is 0 Å². The Morgan fingerprint density at radius 3 is 2.02 bits per heavy atom. The molecule has 0 spiro atoms. The summed E-state index contributed by atoms with van der Waals surface area (Å²) in [4.78, 5) is 32.6. The standard InChI is InChI=1S/C32H37N3O5S3/c1-3-5-19-34-30(36)26(31(37)35(32(34)41)20-6-4-2)15-10-11-16-29-33(21-12-22-43(38,39)40)27-18-17-25(23-28(27)42-29)24-13-8-7-9-14-24/h7-11,13-18,23H,3-6,12,19-22H2,1-2H3,(H,38,39,40)/b11-10+,29-16+. The summed E-state index contributed by atoms with van der Waals surface area (Å²) < 4.78 is 32.0. The molecule has 0 radical (unpaired) electrons. The Hall–Kier alpha value is -3.25. The lowest BCUT2D eigenvalue weighted by Crippen LogP contribution is -2.56. The lowest BCUT2D eigenvalue weighted by molar-refractivity contribution is -0.133. The van der Waals surface area contributed by atoms with Crippen LogP contribution < -0.4 is 4.90 Å². The van der Waals surface area contributed by atoms with Gasteiger partial charge in [0.2, 0.25) is 0 Å². The quantitative estimate of drug-likeness (QED) is 0.116. The van der Waals surface area contributed by atoms with Gasteiger partial charge in [-0.15, -0.1) is 0 Å². The zero-order valence-corrected chi connectivity index (χ0v) is 26.9. The van der Waals surface area contributed by atoms with Crippen LogP contribution in [0, 0.1) is 0 Å². The molecule has 0 saturated carbocycles. The van der Waals surface area contributed by atoms with Crippen molar-refractivity contribution in [2.45, 2.75) is 50.8 Å². The van der Waals surface area contributed by atoms with Gasteiger partial charge in [0.25, 0.3) is 21.9 Å². The molecular weight excluding hydrogens is 603 g/mol. The topological polar surface area (TPSA) is 98.2 Å². The second kappa shape index (κ2) is 15.0. The van der Waals surface area contributed by atoms with E-state index < -0.39 is 10.1 Å². The molecule has 2 amide bonds. The molecule has 1 N–H and O–H groups in total. The predicted molar refractivity (Wildman–Crippen MR) is 177 cm³/mol. The van der Waals surface area contributed by atoms with Crippen molar-refractivity contribution in [3.8, 4) is 11.1 Å². The molecule has 11 heteroatoms. The minimum atomic E-state index is -4.08. The van der Waals surface area contributed by atoms with E-state index in [1.165, 1.54) is 9.80 Å². The van der Waals surface area contributed by atoms with Gasteiger partial charge in [0, 0.05) is 24.5 Å². The Kier molecular flexibility index (Phi) is 11.4. The van der Waals surface area contributed by atoms with E-state index in [1.54, 1.807) is 30.0 Å². The number of nitrogens with zero attached hydrogens (tertiary/aromatic N) is 3. The maximum absolute atomic E-state index is 13.3. The number of carbonyl (C=O) groups is 2. The monoisotopic (exact) mass is 639 g/mol. The van der Waals surface area contributed by atoms with Crippen LogP contribution in [0.4, 0.5) is 5.69 Å². The molecule has 2 aromatic rings. The molecule has 2 aromatic carbocycles. The van der Waals surface area contributed by atoms with Gasteiger partial charge in [0.05, 0.1) is 16.5 Å². The minimum absolute atomic E-state index is 0.0790. The summed E-state index contributed by atoms with van der Waals surface area (Å²) in [5, 5.41) is 1.14. The van der Waals surface area contributed by atoms with Crippen molar-refractivity contribution >= 4 is 56.7 Å². The molecular formula is C32H37N3O5S3. The Balaban J connectivity index is 1.60. The minimum Gasteiger partial charge on any atom is -0.335 e. The molecule has 1 fully saturated rings. The molecule has 0 unspecified atom stereocenters. The molecule has 8 nitrogen and oxygen atoms in total. The molecule has 0 atom stereocenters. The molecule has 43 heavy (non-hydrogen) atoms. The van der Waals surface area contributed by atoms with Crippen molar-refractivity contribution in [1.82, 2.24) is 9.80 Å². The molecule has 2 aliphatic heterocycles. The molecule has 228 valence electrons. The molecule has 4 rings (SSSR count). The van der Waals surface area contributed by atoms with E-state index >= 15 is 0 Å². The SMILES string of the molecule is CCCCN1C(=O)C(=C/C=C/C=C2/Sc3cc(-c4ccccc4)ccc3N2CCCS(=O)(=O)O)C(=O)N(CCCC)C1=S. The largest absolute Gasteiger partial charge is 0.335 e. The summed E-state index contributed by atoms with van der Waals surface area (Å²) in [6.07, 6.45) is 10.5. The number of thiocarbonyl (C=S) groups is 1. The van der Waals surface area contributed by atoms with E-state index in [2.05, 4.69) is 6.07 Å². The average Bonchev–Trinajstić information content (AvgIpc) is 3.33. The Bertz CT molecular complexity index is 1520. The van der Waals surface area contributed by atoms with Gasteiger partial charge in [-0.1, -0.05) is 87.0 Å². The number of fused-ring (bicyclic) bond motifs is 1. The van der Waals surface area contributed by atoms with Gasteiger partial charge < -0.3 is 4.90 Å². The molecule has 2 heterocycles. The summed E-state index contributed by atoms with van der Waals surface area (Å²) in [6, 6.07) is 16.2. The second-order valence-corrected chi connectivity index (χ2v) is 13.3. The van der Waals surface area contributed by atoms with Crippen molar-refractivity contribution < 1.29 is 22.6 Å². The van der Waals surface area contributed by atoms with Gasteiger partial charge in [0.1, 0.15) is 5.57 Å². The highest BCUT2D eigenvalue weighted by atomic mass is 32.2. The lowest BCUT2D eigenvalue weighted by atomic mass is 10.1. The number of allylic oxidation sites excluding steroid dienone is 4. The first kappa shape index (κ1) is 32.7. The molecule has 2 aliphatic rings. The number of amides is 2. The molecule has 0 aromatic heterocycles. The van der Waals surface area contributed by atoms with Gasteiger partial charge in [-0.2, -0.15) is 8.42 Å². The Morgan fingerprint density at radius 2 is 1.42 bits per heavy atom. The number of hydrogen-bond acceptors (Lipinski definition) is 7. The number of unbranched alkanes of at least 4 members (excludes halogenated alkanes) is 2. The van der Waals surface area contributed by atoms with Crippen LogP contribution in [0.25, 0.3) is 11.1 Å². The molecule has 0 bridgehead atoms.